The maximum atomic E-state index is 10.0. The second-order valence-corrected chi connectivity index (χ2v) is 6.88. The molecule has 0 fully saturated rings. The Morgan fingerprint density at radius 3 is 2.46 bits per heavy atom. The Bertz CT molecular complexity index is 1030. The third-order valence-corrected chi connectivity index (χ3v) is 4.99. The van der Waals surface area contributed by atoms with Crippen molar-refractivity contribution in [3.05, 3.63) is 72.6 Å². The third-order valence-electron chi connectivity index (χ3n) is 3.97. The fraction of sp³-hybridized carbons (Fsp3) is 0.100. The molecule has 0 spiro atoms. The van der Waals surface area contributed by atoms with Crippen molar-refractivity contribution in [1.29, 1.82) is 0 Å². The van der Waals surface area contributed by atoms with Crippen LogP contribution < -0.4 is 0 Å². The van der Waals surface area contributed by atoms with Crippen LogP contribution >= 0.6 is 11.8 Å². The molecule has 6 heteroatoms. The second kappa shape index (κ2) is 7.19. The first-order valence-corrected chi connectivity index (χ1v) is 8.96. The molecule has 0 saturated carbocycles. The number of rotatable bonds is 5. The summed E-state index contributed by atoms with van der Waals surface area (Å²) in [6.45, 7) is 0.346. The van der Waals surface area contributed by atoms with E-state index >= 15 is 0 Å². The van der Waals surface area contributed by atoms with Gasteiger partial charge in [-0.1, -0.05) is 42.1 Å². The fourth-order valence-electron chi connectivity index (χ4n) is 2.82. The zero-order valence-electron chi connectivity index (χ0n) is 14.2. The molecule has 5 nitrogen and oxygen atoms in total. The topological polar surface area (TPSA) is 59.7 Å². The molecule has 26 heavy (non-hydrogen) atoms. The predicted molar refractivity (Wildman–Crippen MR) is 101 cm³/mol. The van der Waals surface area contributed by atoms with Gasteiger partial charge in [-0.05, 0) is 29.8 Å². The minimum atomic E-state index is 0.0508. The van der Waals surface area contributed by atoms with E-state index in [0.29, 0.717) is 12.3 Å². The normalized spacial score (nSPS) is 11.1. The highest BCUT2D eigenvalue weighted by molar-refractivity contribution is 7.99. The zero-order valence-corrected chi connectivity index (χ0v) is 15.0. The van der Waals surface area contributed by atoms with Crippen LogP contribution in [0.15, 0.2) is 76.7 Å². The summed E-state index contributed by atoms with van der Waals surface area (Å²) >= 11 is 1.71. The van der Waals surface area contributed by atoms with Crippen molar-refractivity contribution in [2.24, 2.45) is 0 Å². The van der Waals surface area contributed by atoms with E-state index in [4.69, 9.17) is 4.74 Å². The van der Waals surface area contributed by atoms with E-state index in [9.17, 15) is 5.11 Å². The van der Waals surface area contributed by atoms with Crippen LogP contribution in [-0.2, 0) is 11.3 Å². The molecule has 0 bridgehead atoms. The molecule has 1 N–H and O–H groups in total. The molecular formula is C20H17N3O2S. The van der Waals surface area contributed by atoms with Gasteiger partial charge in [0, 0.05) is 29.2 Å². The standard InChI is InChI=1S/C20H17N3O2S/c1-25-13-17-19(20-21-12-11-18(24)23(20)22-17)14-7-9-16(10-8-14)26-15-5-3-2-4-6-15/h2-12,24H,13H2,1H3. The lowest BCUT2D eigenvalue weighted by Crippen LogP contribution is -1.92. The summed E-state index contributed by atoms with van der Waals surface area (Å²) in [4.78, 5) is 6.74. The van der Waals surface area contributed by atoms with E-state index in [1.807, 2.05) is 30.3 Å². The molecule has 0 unspecified atom stereocenters. The maximum Gasteiger partial charge on any atom is 0.215 e. The Hall–Kier alpha value is -2.83. The van der Waals surface area contributed by atoms with Gasteiger partial charge in [-0.15, -0.1) is 0 Å². The van der Waals surface area contributed by atoms with Crippen molar-refractivity contribution in [3.63, 3.8) is 0 Å². The van der Waals surface area contributed by atoms with Crippen LogP contribution in [0.5, 0.6) is 5.88 Å². The SMILES string of the molecule is COCc1nn2c(O)ccnc2c1-c1ccc(Sc2ccccc2)cc1. The number of hydrogen-bond donors (Lipinski definition) is 1. The molecule has 0 saturated heterocycles. The highest BCUT2D eigenvalue weighted by atomic mass is 32.2. The second-order valence-electron chi connectivity index (χ2n) is 5.73. The van der Waals surface area contributed by atoms with Crippen LogP contribution in [0, 0.1) is 0 Å². The summed E-state index contributed by atoms with van der Waals surface area (Å²) in [6, 6.07) is 20.0. The van der Waals surface area contributed by atoms with Crippen molar-refractivity contribution in [1.82, 2.24) is 14.6 Å². The molecule has 0 aliphatic heterocycles. The van der Waals surface area contributed by atoms with Crippen LogP contribution in [0.4, 0.5) is 0 Å². The number of benzene rings is 2. The lowest BCUT2D eigenvalue weighted by Gasteiger charge is -2.05. The lowest BCUT2D eigenvalue weighted by atomic mass is 10.1. The van der Waals surface area contributed by atoms with Gasteiger partial charge in [0.05, 0.1) is 17.9 Å². The van der Waals surface area contributed by atoms with E-state index in [-0.39, 0.29) is 5.88 Å². The van der Waals surface area contributed by atoms with Crippen LogP contribution in [0.25, 0.3) is 16.8 Å². The molecule has 2 aromatic heterocycles. The van der Waals surface area contributed by atoms with E-state index in [2.05, 4.69) is 34.3 Å². The summed E-state index contributed by atoms with van der Waals surface area (Å²) < 4.78 is 6.71. The van der Waals surface area contributed by atoms with Gasteiger partial charge in [0.25, 0.3) is 0 Å². The molecule has 2 aromatic carbocycles. The molecule has 2 heterocycles. The first kappa shape index (κ1) is 16.6. The van der Waals surface area contributed by atoms with Crippen molar-refractivity contribution < 1.29 is 9.84 Å². The number of ether oxygens (including phenoxy) is 1. The number of hydrogen-bond acceptors (Lipinski definition) is 5. The lowest BCUT2D eigenvalue weighted by molar-refractivity contribution is 0.181. The van der Waals surface area contributed by atoms with Gasteiger partial charge in [-0.3, -0.25) is 0 Å². The Labute approximate surface area is 155 Å². The summed E-state index contributed by atoms with van der Waals surface area (Å²) in [5, 5.41) is 14.5. The summed E-state index contributed by atoms with van der Waals surface area (Å²) in [6.07, 6.45) is 1.58. The molecule has 130 valence electrons. The van der Waals surface area contributed by atoms with E-state index in [0.717, 1.165) is 21.7 Å². The minimum Gasteiger partial charge on any atom is -0.493 e. The number of aromatic nitrogens is 3. The Kier molecular flexibility index (Phi) is 4.60. The van der Waals surface area contributed by atoms with Crippen molar-refractivity contribution in [3.8, 4) is 17.0 Å². The van der Waals surface area contributed by atoms with Crippen LogP contribution in [-0.4, -0.2) is 26.8 Å². The maximum absolute atomic E-state index is 10.0. The molecular weight excluding hydrogens is 346 g/mol. The largest absolute Gasteiger partial charge is 0.493 e. The van der Waals surface area contributed by atoms with Gasteiger partial charge in [0.2, 0.25) is 5.88 Å². The first-order valence-electron chi connectivity index (χ1n) is 8.14. The quantitative estimate of drug-likeness (QED) is 0.569. The highest BCUT2D eigenvalue weighted by Crippen LogP contribution is 2.33. The van der Waals surface area contributed by atoms with E-state index in [1.165, 1.54) is 15.5 Å². The van der Waals surface area contributed by atoms with Crippen LogP contribution in [0.1, 0.15) is 5.69 Å². The smallest absolute Gasteiger partial charge is 0.215 e. The molecule has 0 radical (unpaired) electrons. The van der Waals surface area contributed by atoms with Crippen LogP contribution in [0.3, 0.4) is 0 Å². The molecule has 0 aliphatic carbocycles. The monoisotopic (exact) mass is 363 g/mol. The van der Waals surface area contributed by atoms with E-state index in [1.54, 1.807) is 25.1 Å². The highest BCUT2D eigenvalue weighted by Gasteiger charge is 2.17. The fourth-order valence-corrected chi connectivity index (χ4v) is 3.66. The number of aromatic hydroxyl groups is 1. The van der Waals surface area contributed by atoms with Gasteiger partial charge < -0.3 is 9.84 Å². The van der Waals surface area contributed by atoms with E-state index < -0.39 is 0 Å². The molecule has 0 amide bonds. The van der Waals surface area contributed by atoms with Crippen molar-refractivity contribution in [2.45, 2.75) is 16.4 Å². The summed E-state index contributed by atoms with van der Waals surface area (Å²) in [5.74, 6) is 0.0508. The zero-order chi connectivity index (χ0) is 17.9. The van der Waals surface area contributed by atoms with Gasteiger partial charge in [-0.2, -0.15) is 9.61 Å². The molecule has 4 aromatic rings. The number of nitrogens with zero attached hydrogens (tertiary/aromatic N) is 3. The summed E-state index contributed by atoms with van der Waals surface area (Å²) in [5.41, 5.74) is 3.21. The first-order chi connectivity index (χ1) is 12.8. The predicted octanol–water partition coefficient (Wildman–Crippen LogP) is 4.40. The van der Waals surface area contributed by atoms with Gasteiger partial charge in [0.1, 0.15) is 0 Å². The Morgan fingerprint density at radius 1 is 1.00 bits per heavy atom. The molecule has 0 aliphatic rings. The third kappa shape index (κ3) is 3.16. The number of methoxy groups -OCH3 is 1. The molecule has 0 atom stereocenters. The molecule has 4 rings (SSSR count). The van der Waals surface area contributed by atoms with Crippen LogP contribution in [0.2, 0.25) is 0 Å². The van der Waals surface area contributed by atoms with Gasteiger partial charge >= 0.3 is 0 Å². The minimum absolute atomic E-state index is 0.0508. The van der Waals surface area contributed by atoms with Gasteiger partial charge in [0.15, 0.2) is 5.65 Å². The average Bonchev–Trinajstić information content (AvgIpc) is 3.03. The number of fused-ring (bicyclic) bond motifs is 1. The Morgan fingerprint density at radius 2 is 1.73 bits per heavy atom. The Balaban J connectivity index is 1.73. The van der Waals surface area contributed by atoms with Gasteiger partial charge in [-0.25, -0.2) is 4.98 Å². The average molecular weight is 363 g/mol. The van der Waals surface area contributed by atoms with Crippen molar-refractivity contribution >= 4 is 17.4 Å². The van der Waals surface area contributed by atoms with Crippen molar-refractivity contribution in [2.75, 3.05) is 7.11 Å². The summed E-state index contributed by atoms with van der Waals surface area (Å²) in [7, 11) is 1.63.